The van der Waals surface area contributed by atoms with Crippen molar-refractivity contribution in [2.45, 2.75) is 32.1 Å². The number of hydrogen-bond donors (Lipinski definition) is 1. The molecule has 0 bridgehead atoms. The molecule has 1 fully saturated rings. The van der Waals surface area contributed by atoms with Crippen molar-refractivity contribution in [3.63, 3.8) is 0 Å². The summed E-state index contributed by atoms with van der Waals surface area (Å²) >= 11 is 3.54. The second kappa shape index (κ2) is 4.37. The lowest BCUT2D eigenvalue weighted by Gasteiger charge is -2.54. The number of amidine groups is 1. The van der Waals surface area contributed by atoms with Crippen molar-refractivity contribution in [3.8, 4) is 0 Å². The van der Waals surface area contributed by atoms with E-state index in [9.17, 15) is 0 Å². The first-order valence-corrected chi connectivity index (χ1v) is 7.09. The molecule has 1 saturated carbocycles. The molecule has 1 N–H and O–H groups in total. The Bertz CT molecular complexity index is 469. The summed E-state index contributed by atoms with van der Waals surface area (Å²) < 4.78 is 1.09. The Labute approximate surface area is 118 Å². The van der Waals surface area contributed by atoms with Crippen molar-refractivity contribution in [2.24, 2.45) is 5.41 Å². The minimum atomic E-state index is -0.100. The quantitative estimate of drug-likeness (QED) is 0.648. The number of halogens is 1. The number of nitrogens with zero attached hydrogens (tertiary/aromatic N) is 1. The number of nitrogens with one attached hydrogen (secondary N) is 1. The van der Waals surface area contributed by atoms with Crippen LogP contribution in [0.5, 0.6) is 0 Å². The second-order valence-electron chi connectivity index (χ2n) is 6.35. The first-order valence-electron chi connectivity index (χ1n) is 6.29. The minimum Gasteiger partial charge on any atom is -0.366 e. The summed E-state index contributed by atoms with van der Waals surface area (Å²) in [6.45, 7) is 4.57. The molecule has 18 heavy (non-hydrogen) atoms. The molecule has 1 aromatic carbocycles. The van der Waals surface area contributed by atoms with Gasteiger partial charge in [-0.3, -0.25) is 5.41 Å². The van der Waals surface area contributed by atoms with Crippen molar-refractivity contribution >= 4 is 21.8 Å². The molecule has 0 atom stereocenters. The molecule has 1 aromatic rings. The lowest BCUT2D eigenvalue weighted by atomic mass is 9.51. The fraction of sp³-hybridized carbons (Fsp3) is 0.533. The Morgan fingerprint density at radius 3 is 2.33 bits per heavy atom. The molecule has 0 aromatic heterocycles. The fourth-order valence-electron chi connectivity index (χ4n) is 3.30. The van der Waals surface area contributed by atoms with Gasteiger partial charge in [0.15, 0.2) is 0 Å². The Hall–Kier alpha value is -0.830. The van der Waals surface area contributed by atoms with Gasteiger partial charge in [0.2, 0.25) is 0 Å². The Morgan fingerprint density at radius 1 is 1.28 bits per heavy atom. The molecule has 2 rings (SSSR count). The second-order valence-corrected chi connectivity index (χ2v) is 7.27. The Morgan fingerprint density at radius 2 is 1.89 bits per heavy atom. The zero-order valence-corrected chi connectivity index (χ0v) is 13.1. The van der Waals surface area contributed by atoms with Crippen LogP contribution in [0.3, 0.4) is 0 Å². The predicted molar refractivity (Wildman–Crippen MR) is 80.2 cm³/mol. The van der Waals surface area contributed by atoms with E-state index in [1.54, 1.807) is 0 Å². The molecular formula is C15H21BrN2. The van der Waals surface area contributed by atoms with Crippen molar-refractivity contribution < 1.29 is 0 Å². The van der Waals surface area contributed by atoms with E-state index in [1.807, 2.05) is 25.1 Å². The van der Waals surface area contributed by atoms with Gasteiger partial charge in [0.25, 0.3) is 0 Å². The average molecular weight is 309 g/mol. The van der Waals surface area contributed by atoms with Crippen LogP contribution < -0.4 is 0 Å². The topological polar surface area (TPSA) is 27.1 Å². The van der Waals surface area contributed by atoms with Gasteiger partial charge in [0.1, 0.15) is 5.84 Å². The van der Waals surface area contributed by atoms with Crippen LogP contribution >= 0.6 is 15.9 Å². The van der Waals surface area contributed by atoms with Crippen molar-refractivity contribution in [2.75, 3.05) is 14.1 Å². The maximum Gasteiger partial charge on any atom is 0.106 e. The largest absolute Gasteiger partial charge is 0.366 e. The summed E-state index contributed by atoms with van der Waals surface area (Å²) in [5.74, 6) is 0.722. The third-order valence-electron chi connectivity index (χ3n) is 3.84. The number of likely N-dealkylation sites (N-methyl/N-ethyl adjacent to an activating group) is 1. The molecule has 0 amide bonds. The highest BCUT2D eigenvalue weighted by molar-refractivity contribution is 9.10. The van der Waals surface area contributed by atoms with Crippen LogP contribution in [0.4, 0.5) is 0 Å². The van der Waals surface area contributed by atoms with Crippen LogP contribution in [0.25, 0.3) is 0 Å². The van der Waals surface area contributed by atoms with Gasteiger partial charge in [0.05, 0.1) is 5.41 Å². The smallest absolute Gasteiger partial charge is 0.106 e. The molecule has 3 heteroatoms. The van der Waals surface area contributed by atoms with Gasteiger partial charge >= 0.3 is 0 Å². The van der Waals surface area contributed by atoms with Crippen molar-refractivity contribution in [1.82, 2.24) is 4.90 Å². The lowest BCUT2D eigenvalue weighted by molar-refractivity contribution is 0.1000. The number of benzene rings is 1. The average Bonchev–Trinajstić information content (AvgIpc) is 2.24. The van der Waals surface area contributed by atoms with Crippen LogP contribution in [0.1, 0.15) is 32.3 Å². The third kappa shape index (κ3) is 2.20. The summed E-state index contributed by atoms with van der Waals surface area (Å²) in [7, 11) is 3.93. The SMILES string of the molecule is CN(C)C(=N)C1(c2cccc(Br)c2)CC(C)(C)C1. The maximum absolute atomic E-state index is 8.44. The zero-order chi connectivity index (χ0) is 13.6. The maximum atomic E-state index is 8.44. The monoisotopic (exact) mass is 308 g/mol. The molecule has 0 aliphatic heterocycles. The highest BCUT2D eigenvalue weighted by atomic mass is 79.9. The van der Waals surface area contributed by atoms with Gasteiger partial charge in [0, 0.05) is 18.6 Å². The molecule has 98 valence electrons. The van der Waals surface area contributed by atoms with E-state index in [2.05, 4.69) is 48.0 Å². The molecule has 1 aliphatic carbocycles. The van der Waals surface area contributed by atoms with Gasteiger partial charge in [-0.15, -0.1) is 0 Å². The molecule has 2 nitrogen and oxygen atoms in total. The van der Waals surface area contributed by atoms with E-state index >= 15 is 0 Å². The predicted octanol–water partition coefficient (Wildman–Crippen LogP) is 4.05. The van der Waals surface area contributed by atoms with Gasteiger partial charge < -0.3 is 4.90 Å². The third-order valence-corrected chi connectivity index (χ3v) is 4.33. The van der Waals surface area contributed by atoms with E-state index in [-0.39, 0.29) is 5.41 Å². The van der Waals surface area contributed by atoms with Crippen LogP contribution in [0.15, 0.2) is 28.7 Å². The Kier molecular flexibility index (Phi) is 3.30. The van der Waals surface area contributed by atoms with E-state index in [4.69, 9.17) is 5.41 Å². The highest BCUT2D eigenvalue weighted by Gasteiger charge is 2.53. The summed E-state index contributed by atoms with van der Waals surface area (Å²) in [6, 6.07) is 8.42. The normalized spacial score (nSPS) is 20.1. The number of hydrogen-bond acceptors (Lipinski definition) is 1. The molecule has 0 saturated heterocycles. The minimum absolute atomic E-state index is 0.100. The van der Waals surface area contributed by atoms with E-state index in [1.165, 1.54) is 5.56 Å². The standard InChI is InChI=1S/C15H21BrN2/c1-14(2)9-15(10-14,13(17)18(3)4)11-6-5-7-12(16)8-11/h5-8,17H,9-10H2,1-4H3. The van der Waals surface area contributed by atoms with Gasteiger partial charge in [-0.05, 0) is 36.0 Å². The molecule has 1 aliphatic rings. The van der Waals surface area contributed by atoms with Crippen LogP contribution in [0, 0.1) is 10.8 Å². The van der Waals surface area contributed by atoms with Crippen LogP contribution in [-0.2, 0) is 5.41 Å². The van der Waals surface area contributed by atoms with E-state index in [0.29, 0.717) is 5.41 Å². The molecule has 0 radical (unpaired) electrons. The molecular weight excluding hydrogens is 288 g/mol. The van der Waals surface area contributed by atoms with Crippen LogP contribution in [-0.4, -0.2) is 24.8 Å². The van der Waals surface area contributed by atoms with E-state index in [0.717, 1.165) is 23.1 Å². The Balaban J connectivity index is 2.42. The number of rotatable bonds is 2. The van der Waals surface area contributed by atoms with Gasteiger partial charge in [-0.1, -0.05) is 41.9 Å². The first-order chi connectivity index (χ1) is 8.27. The van der Waals surface area contributed by atoms with E-state index < -0.39 is 0 Å². The van der Waals surface area contributed by atoms with Gasteiger partial charge in [-0.2, -0.15) is 0 Å². The summed E-state index contributed by atoms with van der Waals surface area (Å²) in [5, 5.41) is 8.44. The molecule has 0 spiro atoms. The summed E-state index contributed by atoms with van der Waals surface area (Å²) in [4.78, 5) is 1.94. The summed E-state index contributed by atoms with van der Waals surface area (Å²) in [6.07, 6.45) is 2.10. The highest BCUT2D eigenvalue weighted by Crippen LogP contribution is 2.56. The summed E-state index contributed by atoms with van der Waals surface area (Å²) in [5.41, 5.74) is 1.50. The fourth-order valence-corrected chi connectivity index (χ4v) is 3.70. The van der Waals surface area contributed by atoms with Crippen LogP contribution in [0.2, 0.25) is 0 Å². The van der Waals surface area contributed by atoms with Gasteiger partial charge in [-0.25, -0.2) is 0 Å². The van der Waals surface area contributed by atoms with Crippen molar-refractivity contribution in [3.05, 3.63) is 34.3 Å². The lowest BCUT2D eigenvalue weighted by Crippen LogP contribution is -2.55. The zero-order valence-electron chi connectivity index (χ0n) is 11.5. The first kappa shape index (κ1) is 13.6. The molecule has 0 heterocycles. The molecule has 0 unspecified atom stereocenters. The van der Waals surface area contributed by atoms with Crippen molar-refractivity contribution in [1.29, 1.82) is 5.41 Å².